The monoisotopic (exact) mass is 280 g/mol. The van der Waals surface area contributed by atoms with Crippen LogP contribution in [0.5, 0.6) is 6.01 Å². The summed E-state index contributed by atoms with van der Waals surface area (Å²) in [6.07, 6.45) is 0.465. The second-order valence-electron chi connectivity index (χ2n) is 3.69. The van der Waals surface area contributed by atoms with Crippen LogP contribution in [0.1, 0.15) is 6.92 Å². The van der Waals surface area contributed by atoms with Gasteiger partial charge in [-0.2, -0.15) is 9.37 Å². The third kappa shape index (κ3) is 2.76. The SMILES string of the molecule is CCNC(=O)Oc1ncc2cc(F)c([N+](=O)[O-])cc2n1. The first-order valence-corrected chi connectivity index (χ1v) is 5.57. The van der Waals surface area contributed by atoms with Crippen LogP contribution < -0.4 is 10.1 Å². The fraction of sp³-hybridized carbons (Fsp3) is 0.182. The summed E-state index contributed by atoms with van der Waals surface area (Å²) in [7, 11) is 0. The summed E-state index contributed by atoms with van der Waals surface area (Å²) in [4.78, 5) is 28.5. The van der Waals surface area contributed by atoms with Gasteiger partial charge in [-0.1, -0.05) is 0 Å². The summed E-state index contributed by atoms with van der Waals surface area (Å²) < 4.78 is 18.1. The molecule has 9 heteroatoms. The van der Waals surface area contributed by atoms with E-state index in [-0.39, 0.29) is 16.9 Å². The lowest BCUT2D eigenvalue weighted by Crippen LogP contribution is -2.26. The molecule has 0 atom stereocenters. The first kappa shape index (κ1) is 13.6. The van der Waals surface area contributed by atoms with E-state index in [0.29, 0.717) is 6.54 Å². The third-order valence-corrected chi connectivity index (χ3v) is 2.33. The smallest absolute Gasteiger partial charge is 0.374 e. The molecule has 8 nitrogen and oxygen atoms in total. The van der Waals surface area contributed by atoms with Gasteiger partial charge in [0.2, 0.25) is 5.82 Å². The number of halogens is 1. The van der Waals surface area contributed by atoms with Gasteiger partial charge in [-0.15, -0.1) is 0 Å². The molecular formula is C11H9FN4O4. The number of hydrogen-bond donors (Lipinski definition) is 1. The number of rotatable bonds is 3. The van der Waals surface area contributed by atoms with Gasteiger partial charge in [0.05, 0.1) is 10.4 Å². The highest BCUT2D eigenvalue weighted by Gasteiger charge is 2.16. The minimum Gasteiger partial charge on any atom is -0.374 e. The van der Waals surface area contributed by atoms with Gasteiger partial charge in [-0.05, 0) is 13.0 Å². The van der Waals surface area contributed by atoms with E-state index >= 15 is 0 Å². The Bertz CT molecular complexity index is 691. The highest BCUT2D eigenvalue weighted by Crippen LogP contribution is 2.23. The number of nitrogens with one attached hydrogen (secondary N) is 1. The molecule has 0 bridgehead atoms. The van der Waals surface area contributed by atoms with E-state index in [1.54, 1.807) is 6.92 Å². The van der Waals surface area contributed by atoms with Crippen LogP contribution in [0.3, 0.4) is 0 Å². The standard InChI is InChI=1S/C11H9FN4O4/c1-2-13-11(17)20-10-14-5-6-3-7(12)9(16(18)19)4-8(6)15-10/h3-5H,2H2,1H3,(H,13,17). The number of ether oxygens (including phenoxy) is 1. The van der Waals surface area contributed by atoms with Crippen molar-refractivity contribution in [3.63, 3.8) is 0 Å². The van der Waals surface area contributed by atoms with Crippen LogP contribution in [0, 0.1) is 15.9 Å². The predicted octanol–water partition coefficient (Wildman–Crippen LogP) is 1.79. The van der Waals surface area contributed by atoms with E-state index < -0.39 is 22.5 Å². The van der Waals surface area contributed by atoms with Crippen molar-refractivity contribution in [2.45, 2.75) is 6.92 Å². The molecule has 104 valence electrons. The first-order valence-electron chi connectivity index (χ1n) is 5.57. The van der Waals surface area contributed by atoms with Crippen molar-refractivity contribution in [1.29, 1.82) is 0 Å². The molecule has 2 rings (SSSR count). The molecule has 0 saturated heterocycles. The number of fused-ring (bicyclic) bond motifs is 1. The minimum atomic E-state index is -0.983. The van der Waals surface area contributed by atoms with Crippen LogP contribution in [0.4, 0.5) is 14.9 Å². The van der Waals surface area contributed by atoms with E-state index in [9.17, 15) is 19.3 Å². The van der Waals surface area contributed by atoms with Gasteiger partial charge in [0, 0.05) is 24.2 Å². The van der Waals surface area contributed by atoms with Gasteiger partial charge < -0.3 is 10.1 Å². The number of amides is 1. The molecular weight excluding hydrogens is 271 g/mol. The summed E-state index contributed by atoms with van der Waals surface area (Å²) in [5, 5.41) is 13.3. The van der Waals surface area contributed by atoms with Crippen LogP contribution in [0.2, 0.25) is 0 Å². The number of carbonyl (C=O) groups is 1. The molecule has 0 aliphatic rings. The molecule has 0 radical (unpaired) electrons. The van der Waals surface area contributed by atoms with Crippen molar-refractivity contribution >= 4 is 22.7 Å². The number of nitro groups is 1. The Morgan fingerprint density at radius 2 is 2.30 bits per heavy atom. The molecule has 0 spiro atoms. The second kappa shape index (κ2) is 5.43. The molecule has 0 fully saturated rings. The molecule has 1 amide bonds. The fourth-order valence-corrected chi connectivity index (χ4v) is 1.48. The average Bonchev–Trinajstić information content (AvgIpc) is 2.38. The molecule has 1 heterocycles. The molecule has 1 N–H and O–H groups in total. The summed E-state index contributed by atoms with van der Waals surface area (Å²) in [5.41, 5.74) is -0.604. The number of nitro benzene ring substituents is 1. The van der Waals surface area contributed by atoms with E-state index in [1.807, 2.05) is 0 Å². The lowest BCUT2D eigenvalue weighted by molar-refractivity contribution is -0.387. The molecule has 20 heavy (non-hydrogen) atoms. The van der Waals surface area contributed by atoms with E-state index in [0.717, 1.165) is 12.1 Å². The molecule has 2 aromatic rings. The van der Waals surface area contributed by atoms with Crippen LogP contribution in [0.15, 0.2) is 18.3 Å². The second-order valence-corrected chi connectivity index (χ2v) is 3.69. The number of hydrogen-bond acceptors (Lipinski definition) is 6. The van der Waals surface area contributed by atoms with Crippen LogP contribution in [0.25, 0.3) is 10.9 Å². The zero-order chi connectivity index (χ0) is 14.7. The summed E-state index contributed by atoms with van der Waals surface area (Å²) in [6, 6.07) is 1.63. The Hall–Kier alpha value is -2.84. The molecule has 1 aromatic heterocycles. The Morgan fingerprint density at radius 1 is 1.55 bits per heavy atom. The van der Waals surface area contributed by atoms with Gasteiger partial charge in [-0.25, -0.2) is 9.78 Å². The van der Waals surface area contributed by atoms with Gasteiger partial charge in [0.1, 0.15) is 0 Å². The summed E-state index contributed by atoms with van der Waals surface area (Å²) in [6.45, 7) is 2.07. The molecule has 0 aliphatic carbocycles. The van der Waals surface area contributed by atoms with Crippen molar-refractivity contribution < 1.29 is 18.8 Å². The van der Waals surface area contributed by atoms with Crippen molar-refractivity contribution in [3.05, 3.63) is 34.3 Å². The number of carbonyl (C=O) groups excluding carboxylic acids is 1. The maximum atomic E-state index is 13.4. The van der Waals surface area contributed by atoms with Gasteiger partial charge in [-0.3, -0.25) is 10.1 Å². The van der Waals surface area contributed by atoms with E-state index in [2.05, 4.69) is 15.3 Å². The lowest BCUT2D eigenvalue weighted by atomic mass is 10.2. The van der Waals surface area contributed by atoms with Crippen molar-refractivity contribution in [1.82, 2.24) is 15.3 Å². The zero-order valence-electron chi connectivity index (χ0n) is 10.3. The van der Waals surface area contributed by atoms with Crippen LogP contribution in [-0.2, 0) is 0 Å². The Kier molecular flexibility index (Phi) is 3.69. The Labute approximate surface area is 111 Å². The highest BCUT2D eigenvalue weighted by molar-refractivity contribution is 5.81. The summed E-state index contributed by atoms with van der Waals surface area (Å²) >= 11 is 0. The zero-order valence-corrected chi connectivity index (χ0v) is 10.3. The maximum absolute atomic E-state index is 13.4. The van der Waals surface area contributed by atoms with E-state index in [4.69, 9.17) is 4.74 Å². The van der Waals surface area contributed by atoms with Crippen molar-refractivity contribution in [2.24, 2.45) is 0 Å². The fourth-order valence-electron chi connectivity index (χ4n) is 1.48. The minimum absolute atomic E-state index is 0.104. The molecule has 0 saturated carbocycles. The summed E-state index contributed by atoms with van der Waals surface area (Å²) in [5.74, 6) is -0.983. The van der Waals surface area contributed by atoms with Crippen molar-refractivity contribution in [2.75, 3.05) is 6.54 Å². The topological polar surface area (TPSA) is 107 Å². The molecule has 0 unspecified atom stereocenters. The number of aromatic nitrogens is 2. The van der Waals surface area contributed by atoms with Gasteiger partial charge in [0.25, 0.3) is 0 Å². The molecule has 0 aliphatic heterocycles. The van der Waals surface area contributed by atoms with Crippen LogP contribution in [-0.4, -0.2) is 27.5 Å². The van der Waals surface area contributed by atoms with Gasteiger partial charge >= 0.3 is 17.8 Å². The number of benzene rings is 1. The lowest BCUT2D eigenvalue weighted by Gasteiger charge is -2.04. The Balaban J connectivity index is 2.40. The quantitative estimate of drug-likeness (QED) is 0.678. The normalized spacial score (nSPS) is 10.3. The highest BCUT2D eigenvalue weighted by atomic mass is 19.1. The first-order chi connectivity index (χ1) is 9.51. The average molecular weight is 280 g/mol. The molecule has 1 aromatic carbocycles. The maximum Gasteiger partial charge on any atom is 0.415 e. The third-order valence-electron chi connectivity index (χ3n) is 2.33. The number of nitrogens with zero attached hydrogens (tertiary/aromatic N) is 3. The van der Waals surface area contributed by atoms with Gasteiger partial charge in [0.15, 0.2) is 0 Å². The van der Waals surface area contributed by atoms with E-state index in [1.165, 1.54) is 6.20 Å². The Morgan fingerprint density at radius 3 is 2.95 bits per heavy atom. The van der Waals surface area contributed by atoms with Crippen molar-refractivity contribution in [3.8, 4) is 6.01 Å². The largest absolute Gasteiger partial charge is 0.415 e. The predicted molar refractivity (Wildman–Crippen MR) is 65.9 cm³/mol. The van der Waals surface area contributed by atoms with Crippen LogP contribution >= 0.6 is 0 Å².